The van der Waals surface area contributed by atoms with Crippen molar-refractivity contribution in [2.45, 2.75) is 25.7 Å². The molecular weight excluding hydrogens is 318 g/mol. The van der Waals surface area contributed by atoms with Gasteiger partial charge in [-0.1, -0.05) is 18.2 Å². The lowest BCUT2D eigenvalue weighted by atomic mass is 9.93. The van der Waals surface area contributed by atoms with Crippen LogP contribution in [0.4, 0.5) is 10.5 Å². The Hall–Kier alpha value is -2.08. The largest absolute Gasteiger partial charge is 0.378 e. The second kappa shape index (κ2) is 8.85. The number of hydrogen-bond donors (Lipinski definition) is 1. The summed E-state index contributed by atoms with van der Waals surface area (Å²) in [4.78, 5) is 28.5. The molecule has 6 nitrogen and oxygen atoms in total. The zero-order chi connectivity index (χ0) is 17.5. The molecule has 0 spiro atoms. The number of benzene rings is 1. The first kappa shape index (κ1) is 17.7. The Morgan fingerprint density at radius 3 is 2.60 bits per heavy atom. The van der Waals surface area contributed by atoms with E-state index >= 15 is 0 Å². The van der Waals surface area contributed by atoms with Crippen LogP contribution in [0.3, 0.4) is 0 Å². The first-order chi connectivity index (χ1) is 12.2. The molecule has 25 heavy (non-hydrogen) atoms. The van der Waals surface area contributed by atoms with Crippen molar-refractivity contribution in [3.05, 3.63) is 30.3 Å². The third kappa shape index (κ3) is 5.19. The molecule has 2 fully saturated rings. The lowest BCUT2D eigenvalue weighted by Crippen LogP contribution is -2.43. The molecule has 2 saturated heterocycles. The van der Waals surface area contributed by atoms with Crippen LogP contribution in [-0.2, 0) is 9.53 Å². The molecule has 1 aromatic rings. The van der Waals surface area contributed by atoms with Crippen LogP contribution in [0.1, 0.15) is 25.7 Å². The Labute approximate surface area is 149 Å². The van der Waals surface area contributed by atoms with E-state index in [-0.39, 0.29) is 11.9 Å². The summed E-state index contributed by atoms with van der Waals surface area (Å²) in [5.74, 6) is 0.620. The average molecular weight is 345 g/mol. The Bertz CT molecular complexity index is 573. The van der Waals surface area contributed by atoms with Crippen LogP contribution in [0, 0.1) is 5.92 Å². The van der Waals surface area contributed by atoms with Crippen LogP contribution >= 0.6 is 0 Å². The number of para-hydroxylation sites is 1. The number of urea groups is 1. The summed E-state index contributed by atoms with van der Waals surface area (Å²) in [6, 6.07) is 9.48. The van der Waals surface area contributed by atoms with Gasteiger partial charge in [-0.25, -0.2) is 4.79 Å². The number of morpholine rings is 1. The Kier molecular flexibility index (Phi) is 6.28. The molecule has 0 aliphatic carbocycles. The van der Waals surface area contributed by atoms with Crippen LogP contribution in [0.15, 0.2) is 30.3 Å². The summed E-state index contributed by atoms with van der Waals surface area (Å²) < 4.78 is 5.29. The molecule has 1 N–H and O–H groups in total. The molecule has 0 saturated carbocycles. The summed E-state index contributed by atoms with van der Waals surface area (Å²) in [5.41, 5.74) is 0.817. The van der Waals surface area contributed by atoms with Gasteiger partial charge < -0.3 is 19.9 Å². The van der Waals surface area contributed by atoms with Gasteiger partial charge >= 0.3 is 6.03 Å². The summed E-state index contributed by atoms with van der Waals surface area (Å²) in [5, 5.41) is 2.95. The van der Waals surface area contributed by atoms with Gasteiger partial charge in [0.25, 0.3) is 0 Å². The van der Waals surface area contributed by atoms with E-state index in [1.807, 2.05) is 40.1 Å². The first-order valence-corrected chi connectivity index (χ1v) is 9.19. The number of carbonyl (C=O) groups is 2. The second-order valence-corrected chi connectivity index (χ2v) is 6.78. The van der Waals surface area contributed by atoms with Gasteiger partial charge in [-0.2, -0.15) is 0 Å². The highest BCUT2D eigenvalue weighted by atomic mass is 16.5. The molecule has 6 heteroatoms. The highest BCUT2D eigenvalue weighted by molar-refractivity contribution is 5.89. The topological polar surface area (TPSA) is 61.9 Å². The number of rotatable bonds is 4. The number of anilines is 1. The van der Waals surface area contributed by atoms with Crippen molar-refractivity contribution in [1.82, 2.24) is 9.80 Å². The van der Waals surface area contributed by atoms with E-state index in [2.05, 4.69) is 5.32 Å². The quantitative estimate of drug-likeness (QED) is 0.912. The molecule has 2 heterocycles. The Morgan fingerprint density at radius 2 is 1.84 bits per heavy atom. The predicted molar refractivity (Wildman–Crippen MR) is 96.4 cm³/mol. The van der Waals surface area contributed by atoms with Crippen LogP contribution in [-0.4, -0.2) is 61.1 Å². The van der Waals surface area contributed by atoms with Gasteiger partial charge in [0.2, 0.25) is 5.91 Å². The number of nitrogens with one attached hydrogen (secondary N) is 1. The molecule has 0 aromatic heterocycles. The fourth-order valence-electron chi connectivity index (χ4n) is 3.51. The Morgan fingerprint density at radius 1 is 1.08 bits per heavy atom. The smallest absolute Gasteiger partial charge is 0.321 e. The van der Waals surface area contributed by atoms with Crippen molar-refractivity contribution in [1.29, 1.82) is 0 Å². The fourth-order valence-corrected chi connectivity index (χ4v) is 3.51. The summed E-state index contributed by atoms with van der Waals surface area (Å²) in [6.45, 7) is 4.21. The van der Waals surface area contributed by atoms with E-state index in [1.165, 1.54) is 0 Å². The molecule has 0 bridgehead atoms. The maximum atomic E-state index is 12.4. The molecule has 0 unspecified atom stereocenters. The molecule has 3 rings (SSSR count). The minimum atomic E-state index is -0.0459. The van der Waals surface area contributed by atoms with E-state index in [0.29, 0.717) is 38.6 Å². The Balaban J connectivity index is 1.44. The van der Waals surface area contributed by atoms with E-state index in [4.69, 9.17) is 4.74 Å². The molecule has 2 aliphatic heterocycles. The average Bonchev–Trinajstić information content (AvgIpc) is 2.68. The molecule has 2 aliphatic rings. The minimum absolute atomic E-state index is 0.0459. The number of ether oxygens (including phenoxy) is 1. The number of amides is 3. The van der Waals surface area contributed by atoms with Crippen molar-refractivity contribution in [3.63, 3.8) is 0 Å². The van der Waals surface area contributed by atoms with Gasteiger partial charge in [0.15, 0.2) is 0 Å². The molecule has 3 amide bonds. The highest BCUT2D eigenvalue weighted by Gasteiger charge is 2.25. The SMILES string of the molecule is O=C(CC[C@H]1CCCN(C(=O)Nc2ccccc2)C1)N1CCOCC1. The van der Waals surface area contributed by atoms with Crippen molar-refractivity contribution >= 4 is 17.6 Å². The zero-order valence-corrected chi connectivity index (χ0v) is 14.7. The number of likely N-dealkylation sites (tertiary alicyclic amines) is 1. The van der Waals surface area contributed by atoms with E-state index < -0.39 is 0 Å². The first-order valence-electron chi connectivity index (χ1n) is 9.19. The number of hydrogen-bond acceptors (Lipinski definition) is 3. The van der Waals surface area contributed by atoms with Crippen molar-refractivity contribution in [2.75, 3.05) is 44.7 Å². The third-order valence-electron chi connectivity index (χ3n) is 4.96. The monoisotopic (exact) mass is 345 g/mol. The van der Waals surface area contributed by atoms with Gasteiger partial charge in [0.1, 0.15) is 0 Å². The molecule has 136 valence electrons. The molecule has 0 radical (unpaired) electrons. The standard InChI is InChI=1S/C19H27N3O3/c23-18(21-11-13-25-14-12-21)9-8-16-5-4-10-22(15-16)19(24)20-17-6-2-1-3-7-17/h1-3,6-7,16H,4-5,8-15H2,(H,20,24)/t16-/m1/s1. The second-order valence-electron chi connectivity index (χ2n) is 6.78. The van der Waals surface area contributed by atoms with Crippen LogP contribution in [0.25, 0.3) is 0 Å². The fraction of sp³-hybridized carbons (Fsp3) is 0.579. The lowest BCUT2D eigenvalue weighted by Gasteiger charge is -2.33. The normalized spacial score (nSPS) is 21.0. The summed E-state index contributed by atoms with van der Waals surface area (Å²) >= 11 is 0. The van der Waals surface area contributed by atoms with E-state index in [9.17, 15) is 9.59 Å². The summed E-state index contributed by atoms with van der Waals surface area (Å²) in [6.07, 6.45) is 3.51. The minimum Gasteiger partial charge on any atom is -0.378 e. The maximum Gasteiger partial charge on any atom is 0.321 e. The van der Waals surface area contributed by atoms with Crippen molar-refractivity contribution in [2.24, 2.45) is 5.92 Å². The highest BCUT2D eigenvalue weighted by Crippen LogP contribution is 2.22. The van der Waals surface area contributed by atoms with Gasteiger partial charge in [-0.05, 0) is 37.3 Å². The van der Waals surface area contributed by atoms with Gasteiger partial charge in [0.05, 0.1) is 13.2 Å². The summed E-state index contributed by atoms with van der Waals surface area (Å²) in [7, 11) is 0. The van der Waals surface area contributed by atoms with Crippen molar-refractivity contribution in [3.8, 4) is 0 Å². The van der Waals surface area contributed by atoms with Crippen LogP contribution < -0.4 is 5.32 Å². The molecule has 1 atom stereocenters. The maximum absolute atomic E-state index is 12.4. The molecular formula is C19H27N3O3. The van der Waals surface area contributed by atoms with Gasteiger partial charge in [-0.3, -0.25) is 4.79 Å². The zero-order valence-electron chi connectivity index (χ0n) is 14.7. The third-order valence-corrected chi connectivity index (χ3v) is 4.96. The lowest BCUT2D eigenvalue weighted by molar-refractivity contribution is -0.135. The van der Waals surface area contributed by atoms with Crippen LogP contribution in [0.2, 0.25) is 0 Å². The predicted octanol–water partition coefficient (Wildman–Crippen LogP) is 2.57. The van der Waals surface area contributed by atoms with Gasteiger partial charge in [-0.15, -0.1) is 0 Å². The number of piperidine rings is 1. The van der Waals surface area contributed by atoms with E-state index in [1.54, 1.807) is 0 Å². The van der Waals surface area contributed by atoms with Crippen molar-refractivity contribution < 1.29 is 14.3 Å². The molecule has 1 aromatic carbocycles. The van der Waals surface area contributed by atoms with E-state index in [0.717, 1.165) is 38.0 Å². The van der Waals surface area contributed by atoms with Crippen LogP contribution in [0.5, 0.6) is 0 Å². The number of nitrogens with zero attached hydrogens (tertiary/aromatic N) is 2. The van der Waals surface area contributed by atoms with Gasteiger partial charge in [0, 0.05) is 38.3 Å². The number of carbonyl (C=O) groups excluding carboxylic acids is 2.